The number of rotatable bonds is 0. The summed E-state index contributed by atoms with van der Waals surface area (Å²) in [5, 5.41) is 0. The van der Waals surface area contributed by atoms with Gasteiger partial charge in [-0.2, -0.15) is 0 Å². The minimum absolute atomic E-state index is 0. The molecule has 2 N–H and O–H groups in total. The molecule has 0 aromatic carbocycles. The van der Waals surface area contributed by atoms with E-state index in [1.165, 1.54) is 0 Å². The quantitative estimate of drug-likeness (QED) is 0.379. The molecule has 0 unspecified atom stereocenters. The van der Waals surface area contributed by atoms with E-state index in [0.29, 0.717) is 0 Å². The molecule has 0 aliphatic heterocycles. The van der Waals surface area contributed by atoms with E-state index in [9.17, 15) is 0 Å². The normalized spacial score (nSPS) is 7.00. The van der Waals surface area contributed by atoms with Crippen LogP contribution in [0.15, 0.2) is 0 Å². The first-order chi connectivity index (χ1) is 1.73. The van der Waals surface area contributed by atoms with Crippen LogP contribution in [0.3, 0.4) is 0 Å². The second-order valence-corrected chi connectivity index (χ2v) is 0.848. The average molecular weight is 202 g/mol. The van der Waals surface area contributed by atoms with E-state index in [1.54, 1.807) is 0 Å². The summed E-state index contributed by atoms with van der Waals surface area (Å²) in [6, 6.07) is 0. The molecule has 0 saturated heterocycles. The van der Waals surface area contributed by atoms with Gasteiger partial charge in [-0.25, -0.2) is 0 Å². The van der Waals surface area contributed by atoms with Gasteiger partial charge in [0.1, 0.15) is 0 Å². The summed E-state index contributed by atoms with van der Waals surface area (Å²) in [5.41, 5.74) is 0. The molecule has 0 amide bonds. The van der Waals surface area contributed by atoms with E-state index < -0.39 is 8.25 Å². The monoisotopic (exact) mass is 203 g/mol. The topological polar surface area (TPSA) is 57.5 Å². The van der Waals surface area contributed by atoms with Crippen LogP contribution in [0.1, 0.15) is 0 Å². The summed E-state index contributed by atoms with van der Waals surface area (Å²) < 4.78 is 8.74. The van der Waals surface area contributed by atoms with Gasteiger partial charge in [0.25, 0.3) is 0 Å². The summed E-state index contributed by atoms with van der Waals surface area (Å²) >= 11 is 0. The molecular formula is H4O3PSn. The van der Waals surface area contributed by atoms with E-state index in [0.717, 1.165) is 0 Å². The van der Waals surface area contributed by atoms with E-state index in [1.807, 2.05) is 0 Å². The number of hydrogen-bond donors (Lipinski definition) is 2. The summed E-state index contributed by atoms with van der Waals surface area (Å²) in [5.74, 6) is 0. The summed E-state index contributed by atoms with van der Waals surface area (Å²) in [6.07, 6.45) is 0. The predicted molar refractivity (Wildman–Crippen MR) is 20.6 cm³/mol. The van der Waals surface area contributed by atoms with Crippen molar-refractivity contribution in [1.29, 1.82) is 0 Å². The Labute approximate surface area is 46.9 Å². The third kappa shape index (κ3) is 47.8. The van der Waals surface area contributed by atoms with Gasteiger partial charge in [0, 0.05) is 0 Å². The Balaban J connectivity index is 0. The van der Waals surface area contributed by atoms with Crippen LogP contribution in [0.5, 0.6) is 0 Å². The molecule has 5 heteroatoms. The fraction of sp³-hybridized carbons (Fsp3) is 0. The van der Waals surface area contributed by atoms with Crippen LogP contribution >= 0.6 is 8.25 Å². The van der Waals surface area contributed by atoms with Crippen molar-refractivity contribution in [3.8, 4) is 0 Å². The van der Waals surface area contributed by atoms with Crippen molar-refractivity contribution in [3.05, 3.63) is 0 Å². The Bertz CT molecular complexity index is 29.9. The molecule has 0 spiro atoms. The molecule has 0 fully saturated rings. The molecule has 3 radical (unpaired) electrons. The molecule has 0 aliphatic rings. The van der Waals surface area contributed by atoms with E-state index >= 15 is 0 Å². The second-order valence-electron chi connectivity index (χ2n) is 0.283. The Morgan fingerprint density at radius 1 is 1.40 bits per heavy atom. The van der Waals surface area contributed by atoms with Gasteiger partial charge in [-0.05, 0) is 0 Å². The minimum atomic E-state index is -3.13. The Kier molecular flexibility index (Phi) is 9.25. The molecule has 0 bridgehead atoms. The molecule has 0 saturated carbocycles. The van der Waals surface area contributed by atoms with Crippen molar-refractivity contribution >= 4 is 32.2 Å². The van der Waals surface area contributed by atoms with Crippen LogP contribution < -0.4 is 0 Å². The Hall–Kier alpha value is 0.949. The molecule has 0 rings (SSSR count). The zero-order chi connectivity index (χ0) is 3.58. The predicted octanol–water partition coefficient (Wildman–Crippen LogP) is -1.29. The average Bonchev–Trinajstić information content (AvgIpc) is 0.811. The second kappa shape index (κ2) is 4.95. The summed E-state index contributed by atoms with van der Waals surface area (Å²) in [7, 11) is -3.13. The first-order valence-electron chi connectivity index (χ1n) is 0.651. The first-order valence-corrected chi connectivity index (χ1v) is 1.95. The van der Waals surface area contributed by atoms with Crippen molar-refractivity contribution < 1.29 is 14.4 Å². The molecule has 0 aliphatic carbocycles. The van der Waals surface area contributed by atoms with Crippen LogP contribution in [-0.2, 0) is 4.57 Å². The third-order valence-corrected chi connectivity index (χ3v) is 0. The number of hydrogen-bond acceptors (Lipinski definition) is 1. The SMILES string of the molecule is O=[PH](O)O.[SnH]. The third-order valence-electron chi connectivity index (χ3n) is 0. The fourth-order valence-corrected chi connectivity index (χ4v) is 0. The molecule has 3 nitrogen and oxygen atoms in total. The Morgan fingerprint density at radius 2 is 1.40 bits per heavy atom. The van der Waals surface area contributed by atoms with Gasteiger partial charge in [-0.1, -0.05) is 0 Å². The van der Waals surface area contributed by atoms with Crippen LogP contribution in [-0.4, -0.2) is 33.7 Å². The summed E-state index contributed by atoms with van der Waals surface area (Å²) in [6.45, 7) is 0. The van der Waals surface area contributed by atoms with Crippen LogP contribution in [0.2, 0.25) is 0 Å². The van der Waals surface area contributed by atoms with Gasteiger partial charge in [0.2, 0.25) is 0 Å². The van der Waals surface area contributed by atoms with Crippen molar-refractivity contribution in [3.63, 3.8) is 0 Å². The van der Waals surface area contributed by atoms with E-state index in [-0.39, 0.29) is 23.9 Å². The fourth-order valence-electron chi connectivity index (χ4n) is 0. The zero-order valence-electron chi connectivity index (χ0n) is 2.38. The van der Waals surface area contributed by atoms with Crippen molar-refractivity contribution in [2.75, 3.05) is 0 Å². The van der Waals surface area contributed by atoms with Crippen molar-refractivity contribution in [2.24, 2.45) is 0 Å². The van der Waals surface area contributed by atoms with Crippen LogP contribution in [0.4, 0.5) is 0 Å². The van der Waals surface area contributed by atoms with Gasteiger partial charge < -0.3 is 9.79 Å². The van der Waals surface area contributed by atoms with Gasteiger partial charge in [0.05, 0.1) is 0 Å². The molecule has 0 atom stereocenters. The molecule has 31 valence electrons. The maximum absolute atomic E-state index is 8.74. The molecule has 0 aromatic heterocycles. The standard InChI is InChI=1S/H3O3P.Sn.H/c1-4(2)3;;/h4H,(H2,1,2,3);;. The van der Waals surface area contributed by atoms with E-state index in [4.69, 9.17) is 14.4 Å². The zero-order valence-corrected chi connectivity index (χ0v) is 6.68. The van der Waals surface area contributed by atoms with Gasteiger partial charge in [0.15, 0.2) is 0 Å². The molecule has 5 heavy (non-hydrogen) atoms. The first kappa shape index (κ1) is 9.34. The van der Waals surface area contributed by atoms with Crippen molar-refractivity contribution in [2.45, 2.75) is 0 Å². The molecular weight excluding hydrogens is 198 g/mol. The van der Waals surface area contributed by atoms with Gasteiger partial charge in [-0.3, -0.25) is 4.57 Å². The Morgan fingerprint density at radius 3 is 1.40 bits per heavy atom. The van der Waals surface area contributed by atoms with Crippen LogP contribution in [0, 0.1) is 0 Å². The van der Waals surface area contributed by atoms with Crippen molar-refractivity contribution in [1.82, 2.24) is 0 Å². The summed E-state index contributed by atoms with van der Waals surface area (Å²) in [4.78, 5) is 14.3. The van der Waals surface area contributed by atoms with Gasteiger partial charge >= 0.3 is 32.2 Å². The maximum atomic E-state index is 8.74. The van der Waals surface area contributed by atoms with E-state index in [2.05, 4.69) is 0 Å². The molecule has 0 heterocycles. The van der Waals surface area contributed by atoms with Gasteiger partial charge in [-0.15, -0.1) is 0 Å². The van der Waals surface area contributed by atoms with Crippen LogP contribution in [0.25, 0.3) is 0 Å². The molecule has 0 aromatic rings.